The maximum atomic E-state index is 12.4. The van der Waals surface area contributed by atoms with Crippen LogP contribution in [0.3, 0.4) is 0 Å². The van der Waals surface area contributed by atoms with Crippen molar-refractivity contribution >= 4 is 34.5 Å². The SMILES string of the molecule is NC(=O)C(c1ccc(C(=O)N2CCOCC2)s1)c1nccs1. The second kappa shape index (κ2) is 6.55. The Morgan fingerprint density at radius 2 is 2.09 bits per heavy atom. The van der Waals surface area contributed by atoms with Crippen LogP contribution in [0.2, 0.25) is 0 Å². The summed E-state index contributed by atoms with van der Waals surface area (Å²) in [6.45, 7) is 2.32. The minimum Gasteiger partial charge on any atom is -0.378 e. The molecule has 8 heteroatoms. The van der Waals surface area contributed by atoms with Crippen LogP contribution in [-0.2, 0) is 9.53 Å². The van der Waals surface area contributed by atoms with Crippen LogP contribution in [0.1, 0.15) is 25.5 Å². The molecule has 3 rings (SSSR count). The molecule has 0 radical (unpaired) electrons. The summed E-state index contributed by atoms with van der Waals surface area (Å²) in [5, 5.41) is 2.46. The predicted octanol–water partition coefficient (Wildman–Crippen LogP) is 1.29. The highest BCUT2D eigenvalue weighted by molar-refractivity contribution is 7.14. The van der Waals surface area contributed by atoms with Crippen LogP contribution in [0.25, 0.3) is 0 Å². The number of thiophene rings is 1. The van der Waals surface area contributed by atoms with Crippen molar-refractivity contribution in [3.63, 3.8) is 0 Å². The molecule has 2 N–H and O–H groups in total. The fraction of sp³-hybridized carbons (Fsp3) is 0.357. The molecule has 22 heavy (non-hydrogen) atoms. The van der Waals surface area contributed by atoms with Crippen molar-refractivity contribution in [2.45, 2.75) is 5.92 Å². The van der Waals surface area contributed by atoms with Gasteiger partial charge in [0.05, 0.1) is 18.1 Å². The third-order valence-electron chi connectivity index (χ3n) is 3.40. The van der Waals surface area contributed by atoms with Gasteiger partial charge >= 0.3 is 0 Å². The van der Waals surface area contributed by atoms with Gasteiger partial charge in [0.1, 0.15) is 10.9 Å². The Morgan fingerprint density at radius 3 is 2.73 bits per heavy atom. The quantitative estimate of drug-likeness (QED) is 0.911. The Labute approximate surface area is 135 Å². The number of ether oxygens (including phenoxy) is 1. The Bertz CT molecular complexity index is 663. The van der Waals surface area contributed by atoms with E-state index in [9.17, 15) is 9.59 Å². The molecule has 1 fully saturated rings. The van der Waals surface area contributed by atoms with E-state index in [1.54, 1.807) is 28.6 Å². The van der Waals surface area contributed by atoms with Crippen molar-refractivity contribution in [1.29, 1.82) is 0 Å². The lowest BCUT2D eigenvalue weighted by atomic mass is 10.1. The second-order valence-electron chi connectivity index (χ2n) is 4.81. The first kappa shape index (κ1) is 15.1. The predicted molar refractivity (Wildman–Crippen MR) is 84.2 cm³/mol. The van der Waals surface area contributed by atoms with E-state index in [1.165, 1.54) is 22.7 Å². The number of nitrogens with two attached hydrogens (primary N) is 1. The lowest BCUT2D eigenvalue weighted by Gasteiger charge is -2.26. The Balaban J connectivity index is 1.83. The van der Waals surface area contributed by atoms with Crippen LogP contribution in [0.4, 0.5) is 0 Å². The van der Waals surface area contributed by atoms with Gasteiger partial charge in [-0.1, -0.05) is 0 Å². The molecule has 1 atom stereocenters. The fourth-order valence-electron chi connectivity index (χ4n) is 2.31. The summed E-state index contributed by atoms with van der Waals surface area (Å²) >= 11 is 2.69. The summed E-state index contributed by atoms with van der Waals surface area (Å²) in [4.78, 5) is 31.5. The summed E-state index contributed by atoms with van der Waals surface area (Å²) in [5.74, 6) is -1.07. The maximum absolute atomic E-state index is 12.4. The third-order valence-corrected chi connectivity index (χ3v) is 5.38. The summed E-state index contributed by atoms with van der Waals surface area (Å²) in [5.41, 5.74) is 5.51. The number of thiazole rings is 1. The van der Waals surface area contributed by atoms with Crippen LogP contribution < -0.4 is 5.73 Å². The summed E-state index contributed by atoms with van der Waals surface area (Å²) < 4.78 is 5.25. The number of hydrogen-bond acceptors (Lipinski definition) is 6. The van der Waals surface area contributed by atoms with Crippen LogP contribution in [-0.4, -0.2) is 48.0 Å². The normalized spacial score (nSPS) is 16.5. The van der Waals surface area contributed by atoms with Gasteiger partial charge < -0.3 is 15.4 Å². The molecule has 116 valence electrons. The number of carbonyl (C=O) groups is 2. The molecular formula is C14H15N3O3S2. The highest BCUT2D eigenvalue weighted by Crippen LogP contribution is 2.32. The standard InChI is InChI=1S/C14H15N3O3S2/c15-12(18)11(13-16-3-8-21-13)9-1-2-10(22-9)14(19)17-4-6-20-7-5-17/h1-3,8,11H,4-7H2,(H2,15,18). The molecule has 1 aliphatic rings. The van der Waals surface area contributed by atoms with Crippen LogP contribution >= 0.6 is 22.7 Å². The molecule has 0 aliphatic carbocycles. The Hall–Kier alpha value is -1.77. The van der Waals surface area contributed by atoms with Crippen molar-refractivity contribution < 1.29 is 14.3 Å². The van der Waals surface area contributed by atoms with E-state index in [0.29, 0.717) is 36.2 Å². The van der Waals surface area contributed by atoms with Gasteiger partial charge in [0, 0.05) is 29.5 Å². The van der Waals surface area contributed by atoms with Gasteiger partial charge in [-0.05, 0) is 12.1 Å². The van der Waals surface area contributed by atoms with Crippen molar-refractivity contribution in [1.82, 2.24) is 9.88 Å². The molecule has 1 aliphatic heterocycles. The van der Waals surface area contributed by atoms with E-state index in [1.807, 2.05) is 0 Å². The number of nitrogens with zero attached hydrogens (tertiary/aromatic N) is 2. The summed E-state index contributed by atoms with van der Waals surface area (Å²) in [7, 11) is 0. The van der Waals surface area contributed by atoms with Crippen molar-refractivity contribution in [3.05, 3.63) is 38.5 Å². The highest BCUT2D eigenvalue weighted by Gasteiger charge is 2.27. The van der Waals surface area contributed by atoms with Crippen molar-refractivity contribution in [2.24, 2.45) is 5.73 Å². The number of amides is 2. The number of primary amides is 1. The molecule has 0 bridgehead atoms. The van der Waals surface area contributed by atoms with Gasteiger partial charge in [-0.2, -0.15) is 0 Å². The van der Waals surface area contributed by atoms with Gasteiger partial charge in [-0.25, -0.2) is 4.98 Å². The molecule has 2 aromatic heterocycles. The van der Waals surface area contributed by atoms with Crippen molar-refractivity contribution in [2.75, 3.05) is 26.3 Å². The molecule has 0 saturated carbocycles. The highest BCUT2D eigenvalue weighted by atomic mass is 32.1. The Morgan fingerprint density at radius 1 is 1.32 bits per heavy atom. The fourth-order valence-corrected chi connectivity index (χ4v) is 4.23. The molecule has 6 nitrogen and oxygen atoms in total. The van der Waals surface area contributed by atoms with E-state index < -0.39 is 11.8 Å². The molecule has 1 saturated heterocycles. The second-order valence-corrected chi connectivity index (χ2v) is 6.85. The molecule has 0 spiro atoms. The largest absolute Gasteiger partial charge is 0.378 e. The van der Waals surface area contributed by atoms with Crippen molar-refractivity contribution in [3.8, 4) is 0 Å². The molecule has 2 amide bonds. The first-order chi connectivity index (χ1) is 10.7. The molecule has 0 aromatic carbocycles. The lowest BCUT2D eigenvalue weighted by Crippen LogP contribution is -2.40. The number of aromatic nitrogens is 1. The average molecular weight is 337 g/mol. The van der Waals surface area contributed by atoms with Gasteiger partial charge in [-0.3, -0.25) is 9.59 Å². The van der Waals surface area contributed by atoms with Crippen LogP contribution in [0.5, 0.6) is 0 Å². The van der Waals surface area contributed by atoms with E-state index >= 15 is 0 Å². The number of rotatable bonds is 4. The zero-order valence-electron chi connectivity index (χ0n) is 11.7. The molecular weight excluding hydrogens is 322 g/mol. The van der Waals surface area contributed by atoms with Gasteiger partial charge in [0.2, 0.25) is 5.91 Å². The maximum Gasteiger partial charge on any atom is 0.264 e. The first-order valence-corrected chi connectivity index (χ1v) is 8.52. The summed E-state index contributed by atoms with van der Waals surface area (Å²) in [6.07, 6.45) is 1.64. The average Bonchev–Trinajstić information content (AvgIpc) is 3.20. The molecule has 2 aromatic rings. The van der Waals surface area contributed by atoms with E-state index in [-0.39, 0.29) is 5.91 Å². The zero-order chi connectivity index (χ0) is 15.5. The van der Waals surface area contributed by atoms with Gasteiger partial charge in [0.25, 0.3) is 5.91 Å². The third kappa shape index (κ3) is 3.03. The van der Waals surface area contributed by atoms with Gasteiger partial charge in [-0.15, -0.1) is 22.7 Å². The minimum atomic E-state index is -0.587. The molecule has 3 heterocycles. The van der Waals surface area contributed by atoms with E-state index in [4.69, 9.17) is 10.5 Å². The number of carbonyl (C=O) groups excluding carboxylic acids is 2. The smallest absolute Gasteiger partial charge is 0.264 e. The van der Waals surface area contributed by atoms with E-state index in [2.05, 4.69) is 4.98 Å². The number of morpholine rings is 1. The van der Waals surface area contributed by atoms with E-state index in [0.717, 1.165) is 4.88 Å². The van der Waals surface area contributed by atoms with Crippen LogP contribution in [0, 0.1) is 0 Å². The number of hydrogen-bond donors (Lipinski definition) is 1. The minimum absolute atomic E-state index is 0.0260. The molecule has 1 unspecified atom stereocenters. The first-order valence-electron chi connectivity index (χ1n) is 6.82. The Kier molecular flexibility index (Phi) is 4.51. The summed E-state index contributed by atoms with van der Waals surface area (Å²) in [6, 6.07) is 3.54. The lowest BCUT2D eigenvalue weighted by molar-refractivity contribution is -0.118. The zero-order valence-corrected chi connectivity index (χ0v) is 13.4. The van der Waals surface area contributed by atoms with Crippen LogP contribution in [0.15, 0.2) is 23.7 Å². The monoisotopic (exact) mass is 337 g/mol. The topological polar surface area (TPSA) is 85.5 Å². The van der Waals surface area contributed by atoms with Gasteiger partial charge in [0.15, 0.2) is 0 Å².